The summed E-state index contributed by atoms with van der Waals surface area (Å²) in [5, 5.41) is 5.05. The van der Waals surface area contributed by atoms with Crippen molar-refractivity contribution in [2.75, 3.05) is 5.32 Å². The van der Waals surface area contributed by atoms with Gasteiger partial charge in [-0.05, 0) is 37.2 Å². The van der Waals surface area contributed by atoms with Crippen LogP contribution in [0.3, 0.4) is 0 Å². The number of rotatable bonds is 2. The maximum Gasteiger partial charge on any atom is 0.419 e. The molecule has 1 fully saturated rings. The smallest absolute Gasteiger partial charge is 0.360 e. The van der Waals surface area contributed by atoms with Gasteiger partial charge in [-0.2, -0.15) is 26.3 Å². The fourth-order valence-corrected chi connectivity index (χ4v) is 3.07. The van der Waals surface area contributed by atoms with Crippen LogP contribution in [0.15, 0.2) is 18.2 Å². The fourth-order valence-electron chi connectivity index (χ4n) is 2.79. The molecule has 2 nitrogen and oxygen atoms in total. The minimum Gasteiger partial charge on any atom is -0.360 e. The first kappa shape index (κ1) is 18.8. The molecule has 0 amide bonds. The number of anilines is 1. The van der Waals surface area contributed by atoms with Gasteiger partial charge in [-0.1, -0.05) is 25.3 Å². The molecular formula is C15H16F6N2S. The van der Waals surface area contributed by atoms with Crippen LogP contribution in [-0.4, -0.2) is 11.2 Å². The van der Waals surface area contributed by atoms with E-state index in [0.717, 1.165) is 44.2 Å². The predicted molar refractivity (Wildman–Crippen MR) is 82.7 cm³/mol. The standard InChI is InChI=1S/C15H16F6N2S/c16-14(17,18)10-7-4-8-11(12(10)15(19,20)21)23-13(24)22-9-5-2-1-3-6-9/h4,7-9H,1-3,5-6H2,(H2,22,23,24). The second-order valence-corrected chi connectivity index (χ2v) is 6.07. The SMILES string of the molecule is FC(F)(F)c1cccc(NC(=S)NC2CCCCC2)c1C(F)(F)F. The van der Waals surface area contributed by atoms with Gasteiger partial charge in [-0.25, -0.2) is 0 Å². The van der Waals surface area contributed by atoms with Crippen molar-refractivity contribution in [1.82, 2.24) is 5.32 Å². The van der Waals surface area contributed by atoms with Crippen molar-refractivity contribution < 1.29 is 26.3 Å². The molecular weight excluding hydrogens is 354 g/mol. The first-order valence-electron chi connectivity index (χ1n) is 7.44. The van der Waals surface area contributed by atoms with E-state index in [1.807, 2.05) is 0 Å². The summed E-state index contributed by atoms with van der Waals surface area (Å²) in [6.45, 7) is 0. The first-order valence-corrected chi connectivity index (χ1v) is 7.85. The van der Waals surface area contributed by atoms with Crippen LogP contribution in [0.5, 0.6) is 0 Å². The third kappa shape index (κ3) is 4.75. The van der Waals surface area contributed by atoms with Gasteiger partial charge in [0.2, 0.25) is 0 Å². The molecule has 2 rings (SSSR count). The van der Waals surface area contributed by atoms with Crippen LogP contribution in [0, 0.1) is 0 Å². The average molecular weight is 370 g/mol. The number of benzene rings is 1. The number of halogens is 6. The van der Waals surface area contributed by atoms with E-state index < -0.39 is 29.2 Å². The Hall–Kier alpha value is -1.51. The van der Waals surface area contributed by atoms with E-state index in [9.17, 15) is 26.3 Å². The third-order valence-corrected chi connectivity index (χ3v) is 4.06. The Bertz CT molecular complexity index is 591. The van der Waals surface area contributed by atoms with Crippen molar-refractivity contribution in [2.24, 2.45) is 0 Å². The van der Waals surface area contributed by atoms with Gasteiger partial charge in [-0.15, -0.1) is 0 Å². The van der Waals surface area contributed by atoms with E-state index in [-0.39, 0.29) is 11.2 Å². The zero-order valence-corrected chi connectivity index (χ0v) is 13.3. The van der Waals surface area contributed by atoms with Crippen LogP contribution in [0.2, 0.25) is 0 Å². The van der Waals surface area contributed by atoms with E-state index >= 15 is 0 Å². The third-order valence-electron chi connectivity index (χ3n) is 3.84. The summed E-state index contributed by atoms with van der Waals surface area (Å²) >= 11 is 4.97. The highest BCUT2D eigenvalue weighted by Crippen LogP contribution is 2.43. The highest BCUT2D eigenvalue weighted by atomic mass is 32.1. The van der Waals surface area contributed by atoms with Crippen molar-refractivity contribution in [3.05, 3.63) is 29.3 Å². The molecule has 0 spiro atoms. The molecule has 0 saturated heterocycles. The molecule has 0 atom stereocenters. The summed E-state index contributed by atoms with van der Waals surface area (Å²) in [5.74, 6) is 0. The lowest BCUT2D eigenvalue weighted by atomic mass is 9.96. The molecule has 0 radical (unpaired) electrons. The van der Waals surface area contributed by atoms with Crippen LogP contribution < -0.4 is 10.6 Å². The van der Waals surface area contributed by atoms with Gasteiger partial charge in [0.05, 0.1) is 16.8 Å². The van der Waals surface area contributed by atoms with Crippen LogP contribution in [-0.2, 0) is 12.4 Å². The summed E-state index contributed by atoms with van der Waals surface area (Å²) in [4.78, 5) is 0. The van der Waals surface area contributed by atoms with Crippen LogP contribution in [0.4, 0.5) is 32.0 Å². The van der Waals surface area contributed by atoms with Gasteiger partial charge in [-0.3, -0.25) is 0 Å². The van der Waals surface area contributed by atoms with Crippen molar-refractivity contribution >= 4 is 23.0 Å². The number of alkyl halides is 6. The minimum absolute atomic E-state index is 0.0267. The highest BCUT2D eigenvalue weighted by molar-refractivity contribution is 7.80. The van der Waals surface area contributed by atoms with Gasteiger partial charge in [0.1, 0.15) is 0 Å². The molecule has 9 heteroatoms. The van der Waals surface area contributed by atoms with Gasteiger partial charge in [0.15, 0.2) is 5.11 Å². The molecule has 0 heterocycles. The highest BCUT2D eigenvalue weighted by Gasteiger charge is 2.44. The molecule has 134 valence electrons. The monoisotopic (exact) mass is 370 g/mol. The van der Waals surface area contributed by atoms with Crippen LogP contribution >= 0.6 is 12.2 Å². The summed E-state index contributed by atoms with van der Waals surface area (Å²) in [5.41, 5.74) is -4.20. The minimum atomic E-state index is -5.16. The molecule has 0 unspecified atom stereocenters. The van der Waals surface area contributed by atoms with E-state index in [0.29, 0.717) is 6.07 Å². The quantitative estimate of drug-likeness (QED) is 0.543. The Morgan fingerprint density at radius 2 is 1.58 bits per heavy atom. The van der Waals surface area contributed by atoms with Gasteiger partial charge < -0.3 is 10.6 Å². The maximum absolute atomic E-state index is 13.1. The Labute approximate surface area is 140 Å². The molecule has 0 aliphatic heterocycles. The van der Waals surface area contributed by atoms with Crippen molar-refractivity contribution in [2.45, 2.75) is 50.5 Å². The molecule has 0 bridgehead atoms. The summed E-state index contributed by atoms with van der Waals surface area (Å²) in [7, 11) is 0. The molecule has 1 aliphatic carbocycles. The Morgan fingerprint density at radius 1 is 0.958 bits per heavy atom. The number of thiocarbonyl (C=S) groups is 1. The van der Waals surface area contributed by atoms with Crippen molar-refractivity contribution in [3.8, 4) is 0 Å². The number of hydrogen-bond donors (Lipinski definition) is 2. The predicted octanol–water partition coefficient (Wildman–Crippen LogP) is 5.34. The van der Waals surface area contributed by atoms with E-state index in [4.69, 9.17) is 12.2 Å². The Balaban J connectivity index is 2.24. The van der Waals surface area contributed by atoms with Gasteiger partial charge >= 0.3 is 12.4 Å². The molecule has 1 aromatic carbocycles. The van der Waals surface area contributed by atoms with Gasteiger partial charge in [0, 0.05) is 6.04 Å². The second-order valence-electron chi connectivity index (χ2n) is 5.66. The second kappa shape index (κ2) is 7.16. The van der Waals surface area contributed by atoms with Crippen molar-refractivity contribution in [1.29, 1.82) is 0 Å². The summed E-state index contributed by atoms with van der Waals surface area (Å²) in [6.07, 6.45) is -5.55. The van der Waals surface area contributed by atoms with Gasteiger partial charge in [0.25, 0.3) is 0 Å². The molecule has 2 N–H and O–H groups in total. The normalized spacial score (nSPS) is 16.8. The first-order chi connectivity index (χ1) is 11.1. The molecule has 1 aliphatic rings. The zero-order valence-electron chi connectivity index (χ0n) is 12.5. The Morgan fingerprint density at radius 3 is 2.12 bits per heavy atom. The summed E-state index contributed by atoms with van der Waals surface area (Å²) in [6, 6.07) is 2.29. The molecule has 1 saturated carbocycles. The lowest BCUT2D eigenvalue weighted by molar-refractivity contribution is -0.161. The summed E-state index contributed by atoms with van der Waals surface area (Å²) < 4.78 is 78.1. The van der Waals surface area contributed by atoms with Crippen LogP contribution in [0.1, 0.15) is 43.2 Å². The molecule has 1 aromatic rings. The molecule has 0 aromatic heterocycles. The lowest BCUT2D eigenvalue weighted by Crippen LogP contribution is -2.39. The van der Waals surface area contributed by atoms with Crippen LogP contribution in [0.25, 0.3) is 0 Å². The molecule has 24 heavy (non-hydrogen) atoms. The largest absolute Gasteiger partial charge is 0.419 e. The number of hydrogen-bond acceptors (Lipinski definition) is 1. The van der Waals surface area contributed by atoms with E-state index in [1.165, 1.54) is 0 Å². The Kier molecular flexibility index (Phi) is 5.62. The zero-order chi connectivity index (χ0) is 18.0. The van der Waals surface area contributed by atoms with E-state index in [1.54, 1.807) is 0 Å². The maximum atomic E-state index is 13.1. The number of nitrogens with one attached hydrogen (secondary N) is 2. The van der Waals surface area contributed by atoms with Crippen molar-refractivity contribution in [3.63, 3.8) is 0 Å². The lowest BCUT2D eigenvalue weighted by Gasteiger charge is -2.25. The fraction of sp³-hybridized carbons (Fsp3) is 0.533. The van der Waals surface area contributed by atoms with E-state index in [2.05, 4.69) is 10.6 Å². The average Bonchev–Trinajstić information content (AvgIpc) is 2.45. The topological polar surface area (TPSA) is 24.1 Å².